The molecule has 12 heteroatoms. The van der Waals surface area contributed by atoms with Crippen molar-refractivity contribution < 1.29 is 31.9 Å². The van der Waals surface area contributed by atoms with E-state index < -0.39 is 36.8 Å². The van der Waals surface area contributed by atoms with Gasteiger partial charge in [-0.1, -0.05) is 35.9 Å². The minimum Gasteiger partial charge on any atom is -0.382 e. The molecule has 1 fully saturated rings. The second kappa shape index (κ2) is 14.1. The summed E-state index contributed by atoms with van der Waals surface area (Å²) in [5, 5.41) is 5.54. The lowest BCUT2D eigenvalue weighted by Gasteiger charge is -2.44. The topological polar surface area (TPSA) is 73.9 Å². The van der Waals surface area contributed by atoms with Crippen LogP contribution in [0.4, 0.5) is 17.6 Å². The fourth-order valence-corrected chi connectivity index (χ4v) is 4.82. The van der Waals surface area contributed by atoms with E-state index in [2.05, 4.69) is 5.32 Å². The van der Waals surface area contributed by atoms with Gasteiger partial charge >= 0.3 is 6.18 Å². The molecular weight excluding hydrogens is 540 g/mol. The molecule has 2 amide bonds. The van der Waals surface area contributed by atoms with Crippen LogP contribution < -0.4 is 10.6 Å². The summed E-state index contributed by atoms with van der Waals surface area (Å²) in [7, 11) is 3.16. The summed E-state index contributed by atoms with van der Waals surface area (Å²) >= 11 is 5.97. The molecule has 3 atom stereocenters. The van der Waals surface area contributed by atoms with Gasteiger partial charge in [0.25, 0.3) is 0 Å². The van der Waals surface area contributed by atoms with E-state index in [0.717, 1.165) is 11.1 Å². The number of ether oxygens (including phenoxy) is 1. The second-order valence-corrected chi connectivity index (χ2v) is 9.92. The van der Waals surface area contributed by atoms with Crippen molar-refractivity contribution in [2.45, 2.75) is 37.1 Å². The number of carbonyl (C=O) groups is 2. The molecule has 0 bridgehead atoms. The summed E-state index contributed by atoms with van der Waals surface area (Å²) in [5.41, 5.74) is 1.53. The van der Waals surface area contributed by atoms with Crippen LogP contribution in [0.25, 0.3) is 0 Å². The Labute approximate surface area is 230 Å². The second-order valence-electron chi connectivity index (χ2n) is 9.49. The lowest BCUT2D eigenvalue weighted by molar-refractivity contribution is -0.145. The van der Waals surface area contributed by atoms with Gasteiger partial charge in [0, 0.05) is 31.8 Å². The molecule has 1 aliphatic rings. The van der Waals surface area contributed by atoms with Crippen LogP contribution in [0.5, 0.6) is 0 Å². The lowest BCUT2D eigenvalue weighted by Crippen LogP contribution is -2.64. The zero-order valence-corrected chi connectivity index (χ0v) is 22.6. The van der Waals surface area contributed by atoms with E-state index in [1.54, 1.807) is 53.2 Å². The van der Waals surface area contributed by atoms with Gasteiger partial charge in [0.2, 0.25) is 11.8 Å². The number of rotatable bonds is 11. The maximum Gasteiger partial charge on any atom is 0.405 e. The molecular formula is C27H33ClF4N4O3. The molecule has 1 aliphatic heterocycles. The van der Waals surface area contributed by atoms with Crippen LogP contribution in [-0.2, 0) is 27.2 Å². The van der Waals surface area contributed by atoms with Crippen molar-refractivity contribution in [1.29, 1.82) is 0 Å². The van der Waals surface area contributed by atoms with E-state index in [4.69, 9.17) is 16.3 Å². The first-order valence-electron chi connectivity index (χ1n) is 12.5. The van der Waals surface area contributed by atoms with Gasteiger partial charge < -0.3 is 20.3 Å². The maximum atomic E-state index is 13.5. The van der Waals surface area contributed by atoms with E-state index in [1.807, 2.05) is 5.32 Å². The Bertz CT molecular complexity index is 1090. The molecule has 1 heterocycles. The number of benzene rings is 2. The Morgan fingerprint density at radius 3 is 2.26 bits per heavy atom. The fourth-order valence-electron chi connectivity index (χ4n) is 4.69. The lowest BCUT2D eigenvalue weighted by atomic mass is 10.00. The number of nitrogens with one attached hydrogen (secondary N) is 2. The molecule has 39 heavy (non-hydrogen) atoms. The molecule has 7 nitrogen and oxygen atoms in total. The average molecular weight is 573 g/mol. The number of piperazine rings is 1. The molecule has 3 unspecified atom stereocenters. The minimum atomic E-state index is -4.54. The zero-order chi connectivity index (χ0) is 28.6. The van der Waals surface area contributed by atoms with Gasteiger partial charge in [-0.05, 0) is 55.3 Å². The predicted octanol–water partition coefficient (Wildman–Crippen LogP) is 3.06. The van der Waals surface area contributed by atoms with Crippen LogP contribution in [-0.4, -0.2) is 92.9 Å². The third-order valence-corrected chi connectivity index (χ3v) is 6.96. The summed E-state index contributed by atoms with van der Waals surface area (Å²) in [6.07, 6.45) is -4.04. The quantitative estimate of drug-likeness (QED) is 0.405. The number of hydrogen-bond acceptors (Lipinski definition) is 5. The fraction of sp³-hybridized carbons (Fsp3) is 0.481. The highest BCUT2D eigenvalue weighted by atomic mass is 35.5. The van der Waals surface area contributed by atoms with E-state index in [1.165, 1.54) is 19.2 Å². The Hall–Kier alpha value is -2.73. The standard InChI is InChI=1S/C27H33ClF4N4O3/c1-33-23(13-18-5-9-21(29)10-6-18)26(38)36-12-11-35(15-22(36)16-39-2)24(25(37)34-17-27(30,31)32)14-19-3-7-20(28)8-4-19/h3-10,22-24,33H,11-17H2,1-2H3,(H,34,37). The zero-order valence-electron chi connectivity index (χ0n) is 21.8. The summed E-state index contributed by atoms with van der Waals surface area (Å²) < 4.78 is 57.2. The summed E-state index contributed by atoms with van der Waals surface area (Å²) in [6, 6.07) is 10.8. The van der Waals surface area contributed by atoms with Crippen molar-refractivity contribution in [2.24, 2.45) is 0 Å². The van der Waals surface area contributed by atoms with Crippen LogP contribution >= 0.6 is 11.6 Å². The number of halogens is 5. The van der Waals surface area contributed by atoms with Crippen molar-refractivity contribution in [3.05, 3.63) is 70.5 Å². The average Bonchev–Trinajstić information content (AvgIpc) is 2.90. The van der Waals surface area contributed by atoms with Crippen LogP contribution in [0.1, 0.15) is 11.1 Å². The van der Waals surface area contributed by atoms with E-state index in [-0.39, 0.29) is 44.4 Å². The van der Waals surface area contributed by atoms with Gasteiger partial charge in [-0.25, -0.2) is 4.39 Å². The molecule has 0 aromatic heterocycles. The van der Waals surface area contributed by atoms with Crippen molar-refractivity contribution in [1.82, 2.24) is 20.4 Å². The minimum absolute atomic E-state index is 0.165. The Kier molecular flexibility index (Phi) is 11.1. The maximum absolute atomic E-state index is 13.5. The van der Waals surface area contributed by atoms with Crippen LogP contribution in [0, 0.1) is 5.82 Å². The van der Waals surface area contributed by atoms with Gasteiger partial charge in [0.05, 0.1) is 24.7 Å². The van der Waals surface area contributed by atoms with Crippen molar-refractivity contribution in [2.75, 3.05) is 46.9 Å². The van der Waals surface area contributed by atoms with Gasteiger partial charge in [-0.15, -0.1) is 0 Å². The summed E-state index contributed by atoms with van der Waals surface area (Å²) in [6.45, 7) is -0.512. The first-order chi connectivity index (χ1) is 18.5. The SMILES string of the molecule is CNC(Cc1ccc(F)cc1)C(=O)N1CCN(C(Cc2ccc(Cl)cc2)C(=O)NCC(F)(F)F)CC1COC. The smallest absolute Gasteiger partial charge is 0.382 e. The summed E-state index contributed by atoms with van der Waals surface area (Å²) in [5.74, 6) is -1.29. The number of nitrogens with zero attached hydrogens (tertiary/aromatic N) is 2. The molecule has 3 rings (SSSR count). The van der Waals surface area contributed by atoms with Gasteiger partial charge in [0.1, 0.15) is 12.4 Å². The van der Waals surface area contributed by atoms with Crippen LogP contribution in [0.2, 0.25) is 5.02 Å². The Balaban J connectivity index is 1.77. The number of carbonyl (C=O) groups excluding carboxylic acids is 2. The van der Waals surface area contributed by atoms with Crippen molar-refractivity contribution in [3.8, 4) is 0 Å². The van der Waals surface area contributed by atoms with Crippen molar-refractivity contribution in [3.63, 3.8) is 0 Å². The number of hydrogen-bond donors (Lipinski definition) is 2. The third-order valence-electron chi connectivity index (χ3n) is 6.70. The molecule has 0 spiro atoms. The monoisotopic (exact) mass is 572 g/mol. The number of amides is 2. The molecule has 1 saturated heterocycles. The predicted molar refractivity (Wildman–Crippen MR) is 140 cm³/mol. The molecule has 214 valence electrons. The number of alkyl halides is 3. The van der Waals surface area contributed by atoms with Crippen LogP contribution in [0.3, 0.4) is 0 Å². The van der Waals surface area contributed by atoms with Crippen LogP contribution in [0.15, 0.2) is 48.5 Å². The third kappa shape index (κ3) is 9.16. The van der Waals surface area contributed by atoms with E-state index in [0.29, 0.717) is 11.4 Å². The Morgan fingerprint density at radius 1 is 1.05 bits per heavy atom. The van der Waals surface area contributed by atoms with Gasteiger partial charge in [-0.3, -0.25) is 14.5 Å². The normalized spacial score (nSPS) is 18.0. The van der Waals surface area contributed by atoms with Gasteiger partial charge in [-0.2, -0.15) is 13.2 Å². The van der Waals surface area contributed by atoms with E-state index in [9.17, 15) is 27.2 Å². The summed E-state index contributed by atoms with van der Waals surface area (Å²) in [4.78, 5) is 30.0. The highest BCUT2D eigenvalue weighted by Gasteiger charge is 2.38. The first kappa shape index (κ1) is 30.8. The molecule has 2 aromatic carbocycles. The molecule has 0 saturated carbocycles. The Morgan fingerprint density at radius 2 is 1.67 bits per heavy atom. The molecule has 0 aliphatic carbocycles. The molecule has 2 aromatic rings. The highest BCUT2D eigenvalue weighted by molar-refractivity contribution is 6.30. The van der Waals surface area contributed by atoms with Gasteiger partial charge in [0.15, 0.2) is 0 Å². The molecule has 0 radical (unpaired) electrons. The first-order valence-corrected chi connectivity index (χ1v) is 12.9. The van der Waals surface area contributed by atoms with E-state index >= 15 is 0 Å². The highest BCUT2D eigenvalue weighted by Crippen LogP contribution is 2.20. The number of likely N-dealkylation sites (N-methyl/N-ethyl adjacent to an activating group) is 1. The number of methoxy groups -OCH3 is 1. The molecule has 2 N–H and O–H groups in total. The van der Waals surface area contributed by atoms with Crippen molar-refractivity contribution >= 4 is 23.4 Å². The largest absolute Gasteiger partial charge is 0.405 e.